The van der Waals surface area contributed by atoms with E-state index in [0.717, 1.165) is 17.4 Å². The molecule has 2 N–H and O–H groups in total. The van der Waals surface area contributed by atoms with Crippen molar-refractivity contribution >= 4 is 27.5 Å². The molecule has 2 rings (SSSR count). The fourth-order valence-electron chi connectivity index (χ4n) is 2.06. The van der Waals surface area contributed by atoms with Gasteiger partial charge in [0.05, 0.1) is 6.61 Å². The number of carbonyl (C=O) groups is 1. The molecular formula is C15H17BrN2O2. The highest BCUT2D eigenvalue weighted by atomic mass is 79.9. The van der Waals surface area contributed by atoms with Crippen LogP contribution in [0.5, 0.6) is 0 Å². The Balaban J connectivity index is 2.24. The standard InChI is InChI=1S/C15H17BrN2O2/c1-2-7-18-9-12(16)8-14(18)15(20)17-13-6-4-3-5-11(13)10-19/h3-6,8-9,19H,2,7,10H2,1H3,(H,17,20). The Hall–Kier alpha value is -1.59. The molecule has 0 fully saturated rings. The van der Waals surface area contributed by atoms with Gasteiger partial charge in [-0.15, -0.1) is 0 Å². The summed E-state index contributed by atoms with van der Waals surface area (Å²) in [5.74, 6) is -0.176. The number of nitrogens with zero attached hydrogens (tertiary/aromatic N) is 1. The maximum atomic E-state index is 12.4. The lowest BCUT2D eigenvalue weighted by molar-refractivity contribution is 0.101. The second-order valence-electron chi connectivity index (χ2n) is 4.51. The molecule has 0 saturated heterocycles. The number of amides is 1. The molecule has 1 heterocycles. The molecule has 5 heteroatoms. The number of aliphatic hydroxyl groups excluding tert-OH is 1. The predicted octanol–water partition coefficient (Wildman–Crippen LogP) is 3.41. The summed E-state index contributed by atoms with van der Waals surface area (Å²) in [5.41, 5.74) is 1.94. The Morgan fingerprint density at radius 1 is 1.40 bits per heavy atom. The number of nitrogens with one attached hydrogen (secondary N) is 1. The Morgan fingerprint density at radius 3 is 2.85 bits per heavy atom. The summed E-state index contributed by atoms with van der Waals surface area (Å²) in [6.07, 6.45) is 2.85. The largest absolute Gasteiger partial charge is 0.392 e. The molecule has 0 radical (unpaired) electrons. The lowest BCUT2D eigenvalue weighted by atomic mass is 10.2. The van der Waals surface area contributed by atoms with Crippen LogP contribution in [0, 0.1) is 0 Å². The van der Waals surface area contributed by atoms with Crippen LogP contribution in [0.1, 0.15) is 29.4 Å². The van der Waals surface area contributed by atoms with E-state index in [1.165, 1.54) is 0 Å². The van der Waals surface area contributed by atoms with Gasteiger partial charge in [0.1, 0.15) is 5.69 Å². The van der Waals surface area contributed by atoms with E-state index in [1.807, 2.05) is 22.9 Å². The van der Waals surface area contributed by atoms with Gasteiger partial charge in [-0.05, 0) is 34.5 Å². The molecule has 0 saturated carbocycles. The van der Waals surface area contributed by atoms with E-state index in [9.17, 15) is 9.90 Å². The number of hydrogen-bond acceptors (Lipinski definition) is 2. The molecule has 2 aromatic rings. The number of benzene rings is 1. The average molecular weight is 337 g/mol. The quantitative estimate of drug-likeness (QED) is 0.879. The first-order valence-corrected chi connectivity index (χ1v) is 7.30. The molecule has 0 aliphatic rings. The number of halogens is 1. The van der Waals surface area contributed by atoms with Gasteiger partial charge < -0.3 is 15.0 Å². The Kier molecular flexibility index (Phi) is 4.98. The summed E-state index contributed by atoms with van der Waals surface area (Å²) in [6, 6.07) is 9.03. The summed E-state index contributed by atoms with van der Waals surface area (Å²) in [7, 11) is 0. The summed E-state index contributed by atoms with van der Waals surface area (Å²) in [4.78, 5) is 12.4. The van der Waals surface area contributed by atoms with E-state index in [2.05, 4.69) is 28.2 Å². The monoisotopic (exact) mass is 336 g/mol. The van der Waals surface area contributed by atoms with Gasteiger partial charge in [-0.3, -0.25) is 4.79 Å². The first-order valence-electron chi connectivity index (χ1n) is 6.51. The van der Waals surface area contributed by atoms with Crippen molar-refractivity contribution < 1.29 is 9.90 Å². The molecule has 106 valence electrons. The van der Waals surface area contributed by atoms with Crippen LogP contribution in [-0.4, -0.2) is 15.6 Å². The van der Waals surface area contributed by atoms with Crippen molar-refractivity contribution in [1.82, 2.24) is 4.57 Å². The fraction of sp³-hybridized carbons (Fsp3) is 0.267. The smallest absolute Gasteiger partial charge is 0.272 e. The van der Waals surface area contributed by atoms with Gasteiger partial charge >= 0.3 is 0 Å². The number of carbonyl (C=O) groups excluding carboxylic acids is 1. The third-order valence-electron chi connectivity index (χ3n) is 3.00. The molecule has 0 aliphatic heterocycles. The van der Waals surface area contributed by atoms with Gasteiger partial charge in [-0.1, -0.05) is 25.1 Å². The molecular weight excluding hydrogens is 320 g/mol. The van der Waals surface area contributed by atoms with Crippen molar-refractivity contribution in [2.45, 2.75) is 26.5 Å². The van der Waals surface area contributed by atoms with Crippen LogP contribution in [0.15, 0.2) is 41.0 Å². The topological polar surface area (TPSA) is 54.3 Å². The second kappa shape index (κ2) is 6.72. The number of rotatable bonds is 5. The molecule has 0 atom stereocenters. The van der Waals surface area contributed by atoms with Gasteiger partial charge in [-0.2, -0.15) is 0 Å². The lowest BCUT2D eigenvalue weighted by Crippen LogP contribution is -2.17. The zero-order valence-corrected chi connectivity index (χ0v) is 12.9. The first kappa shape index (κ1) is 14.8. The van der Waals surface area contributed by atoms with Crippen molar-refractivity contribution in [3.63, 3.8) is 0 Å². The highest BCUT2D eigenvalue weighted by molar-refractivity contribution is 9.10. The third kappa shape index (κ3) is 3.29. The SMILES string of the molecule is CCCn1cc(Br)cc1C(=O)Nc1ccccc1CO. The van der Waals surface area contributed by atoms with E-state index in [4.69, 9.17) is 0 Å². The van der Waals surface area contributed by atoms with Crippen LogP contribution in [0.2, 0.25) is 0 Å². The van der Waals surface area contributed by atoms with Crippen molar-refractivity contribution in [3.05, 3.63) is 52.3 Å². The van der Waals surface area contributed by atoms with Gasteiger partial charge in [0, 0.05) is 28.5 Å². The van der Waals surface area contributed by atoms with Gasteiger partial charge in [0.15, 0.2) is 0 Å². The molecule has 0 spiro atoms. The van der Waals surface area contributed by atoms with Crippen LogP contribution in [0.25, 0.3) is 0 Å². The van der Waals surface area contributed by atoms with Gasteiger partial charge in [0.2, 0.25) is 0 Å². The van der Waals surface area contributed by atoms with Crippen molar-refractivity contribution in [2.75, 3.05) is 5.32 Å². The van der Waals surface area contributed by atoms with E-state index < -0.39 is 0 Å². The minimum atomic E-state index is -0.176. The maximum absolute atomic E-state index is 12.4. The van der Waals surface area contributed by atoms with E-state index in [0.29, 0.717) is 16.9 Å². The van der Waals surface area contributed by atoms with Crippen LogP contribution in [0.3, 0.4) is 0 Å². The van der Waals surface area contributed by atoms with Crippen molar-refractivity contribution in [3.8, 4) is 0 Å². The Labute approximate surface area is 126 Å². The Bertz CT molecular complexity index is 608. The number of aryl methyl sites for hydroxylation is 1. The minimum Gasteiger partial charge on any atom is -0.392 e. The zero-order valence-electron chi connectivity index (χ0n) is 11.3. The van der Waals surface area contributed by atoms with Gasteiger partial charge in [-0.25, -0.2) is 0 Å². The number of hydrogen-bond donors (Lipinski definition) is 2. The van der Waals surface area contributed by atoms with Crippen LogP contribution < -0.4 is 5.32 Å². The Morgan fingerprint density at radius 2 is 2.15 bits per heavy atom. The highest BCUT2D eigenvalue weighted by Crippen LogP contribution is 2.19. The summed E-state index contributed by atoms with van der Waals surface area (Å²) in [5, 5.41) is 12.1. The van der Waals surface area contributed by atoms with Crippen LogP contribution in [-0.2, 0) is 13.2 Å². The van der Waals surface area contributed by atoms with Crippen LogP contribution in [0.4, 0.5) is 5.69 Å². The van der Waals surface area contributed by atoms with Crippen LogP contribution >= 0.6 is 15.9 Å². The molecule has 0 unspecified atom stereocenters. The zero-order chi connectivity index (χ0) is 14.5. The number of para-hydroxylation sites is 1. The molecule has 0 bridgehead atoms. The predicted molar refractivity (Wildman–Crippen MR) is 82.7 cm³/mol. The van der Waals surface area contributed by atoms with E-state index in [1.54, 1.807) is 18.2 Å². The molecule has 20 heavy (non-hydrogen) atoms. The molecule has 4 nitrogen and oxygen atoms in total. The lowest BCUT2D eigenvalue weighted by Gasteiger charge is -2.11. The normalized spacial score (nSPS) is 10.6. The van der Waals surface area contributed by atoms with E-state index in [-0.39, 0.29) is 12.5 Å². The second-order valence-corrected chi connectivity index (χ2v) is 5.42. The minimum absolute atomic E-state index is 0.101. The van der Waals surface area contributed by atoms with Gasteiger partial charge in [0.25, 0.3) is 5.91 Å². The molecule has 1 amide bonds. The average Bonchev–Trinajstić information content (AvgIpc) is 2.81. The molecule has 0 aliphatic carbocycles. The molecule has 1 aromatic heterocycles. The number of aromatic nitrogens is 1. The third-order valence-corrected chi connectivity index (χ3v) is 3.43. The summed E-state index contributed by atoms with van der Waals surface area (Å²) < 4.78 is 2.80. The number of anilines is 1. The fourth-order valence-corrected chi connectivity index (χ4v) is 2.52. The number of aliphatic hydroxyl groups is 1. The van der Waals surface area contributed by atoms with Crippen molar-refractivity contribution in [1.29, 1.82) is 0 Å². The highest BCUT2D eigenvalue weighted by Gasteiger charge is 2.14. The maximum Gasteiger partial charge on any atom is 0.272 e. The summed E-state index contributed by atoms with van der Waals surface area (Å²) >= 11 is 3.39. The first-order chi connectivity index (χ1) is 9.65. The molecule has 1 aromatic carbocycles. The van der Waals surface area contributed by atoms with E-state index >= 15 is 0 Å². The van der Waals surface area contributed by atoms with Crippen molar-refractivity contribution in [2.24, 2.45) is 0 Å². The summed E-state index contributed by atoms with van der Waals surface area (Å²) in [6.45, 7) is 2.75.